The smallest absolute Gasteiger partial charge is 0.336 e. The van der Waals surface area contributed by atoms with E-state index in [2.05, 4.69) is 0 Å². The zero-order valence-electron chi connectivity index (χ0n) is 14.8. The zero-order chi connectivity index (χ0) is 18.3. The van der Waals surface area contributed by atoms with E-state index in [9.17, 15) is 9.59 Å². The quantitative estimate of drug-likeness (QED) is 0.517. The number of esters is 1. The van der Waals surface area contributed by atoms with Crippen molar-refractivity contribution in [1.29, 1.82) is 0 Å². The van der Waals surface area contributed by atoms with E-state index in [1.165, 1.54) is 0 Å². The summed E-state index contributed by atoms with van der Waals surface area (Å²) in [4.78, 5) is 24.0. The van der Waals surface area contributed by atoms with E-state index in [0.717, 1.165) is 34.1 Å². The SMILES string of the molecule is CCOC(=O)C1CC1c1ccc2c(-c3ccccc3C)cc(=O)oc2c1. The summed E-state index contributed by atoms with van der Waals surface area (Å²) in [7, 11) is 0. The molecule has 3 aromatic rings. The van der Waals surface area contributed by atoms with Gasteiger partial charge in [-0.2, -0.15) is 0 Å². The van der Waals surface area contributed by atoms with E-state index in [1.54, 1.807) is 6.07 Å². The summed E-state index contributed by atoms with van der Waals surface area (Å²) < 4.78 is 10.6. The summed E-state index contributed by atoms with van der Waals surface area (Å²) in [6.07, 6.45) is 0.784. The summed E-state index contributed by atoms with van der Waals surface area (Å²) in [5.74, 6) is -0.0859. The fraction of sp³-hybridized carbons (Fsp3) is 0.273. The van der Waals surface area contributed by atoms with Crippen molar-refractivity contribution in [2.75, 3.05) is 6.61 Å². The number of rotatable bonds is 4. The molecule has 0 radical (unpaired) electrons. The van der Waals surface area contributed by atoms with Crippen molar-refractivity contribution in [3.8, 4) is 11.1 Å². The number of carbonyl (C=O) groups is 1. The fourth-order valence-corrected chi connectivity index (χ4v) is 3.58. The Bertz CT molecular complexity index is 1050. The van der Waals surface area contributed by atoms with Gasteiger partial charge in [-0.25, -0.2) is 4.79 Å². The van der Waals surface area contributed by atoms with Gasteiger partial charge in [0.05, 0.1) is 12.5 Å². The first kappa shape index (κ1) is 16.6. The molecule has 0 N–H and O–H groups in total. The monoisotopic (exact) mass is 348 g/mol. The van der Waals surface area contributed by atoms with Gasteiger partial charge in [0.25, 0.3) is 0 Å². The molecule has 4 rings (SSSR count). The predicted molar refractivity (Wildman–Crippen MR) is 100 cm³/mol. The van der Waals surface area contributed by atoms with Crippen molar-refractivity contribution in [1.82, 2.24) is 0 Å². The minimum absolute atomic E-state index is 0.0846. The highest BCUT2D eigenvalue weighted by molar-refractivity contribution is 5.94. The maximum Gasteiger partial charge on any atom is 0.336 e. The molecular weight excluding hydrogens is 328 g/mol. The Morgan fingerprint density at radius 1 is 1.15 bits per heavy atom. The highest BCUT2D eigenvalue weighted by Crippen LogP contribution is 2.48. The molecule has 0 saturated heterocycles. The molecule has 0 aliphatic heterocycles. The van der Waals surface area contributed by atoms with Crippen molar-refractivity contribution in [3.63, 3.8) is 0 Å². The van der Waals surface area contributed by atoms with Crippen molar-refractivity contribution in [2.45, 2.75) is 26.2 Å². The van der Waals surface area contributed by atoms with Crippen LogP contribution < -0.4 is 5.63 Å². The van der Waals surface area contributed by atoms with Gasteiger partial charge in [0.2, 0.25) is 0 Å². The van der Waals surface area contributed by atoms with Crippen LogP contribution in [0.1, 0.15) is 30.4 Å². The van der Waals surface area contributed by atoms with Crippen LogP contribution in [0.25, 0.3) is 22.1 Å². The van der Waals surface area contributed by atoms with Gasteiger partial charge in [-0.3, -0.25) is 4.79 Å². The van der Waals surface area contributed by atoms with Crippen LogP contribution in [-0.2, 0) is 9.53 Å². The lowest BCUT2D eigenvalue weighted by molar-refractivity contribution is -0.144. The summed E-state index contributed by atoms with van der Waals surface area (Å²) in [5.41, 5.74) is 4.20. The molecule has 1 aliphatic rings. The lowest BCUT2D eigenvalue weighted by Crippen LogP contribution is -2.07. The Kier molecular flexibility index (Phi) is 4.11. The molecule has 1 saturated carbocycles. The van der Waals surface area contributed by atoms with E-state index in [0.29, 0.717) is 12.2 Å². The van der Waals surface area contributed by atoms with Crippen LogP contribution in [0.15, 0.2) is 57.7 Å². The van der Waals surface area contributed by atoms with Crippen LogP contribution in [0.3, 0.4) is 0 Å². The molecule has 1 fully saturated rings. The second-order valence-corrected chi connectivity index (χ2v) is 6.75. The van der Waals surface area contributed by atoms with E-state index < -0.39 is 0 Å². The second-order valence-electron chi connectivity index (χ2n) is 6.75. The standard InChI is InChI=1S/C22H20O4/c1-3-25-22(24)19-11-17(19)14-8-9-16-18(12-21(23)26-20(16)10-14)15-7-5-4-6-13(15)2/h4-10,12,17,19H,3,11H2,1-2H3. The van der Waals surface area contributed by atoms with Gasteiger partial charge in [0.15, 0.2) is 0 Å². The third-order valence-corrected chi connectivity index (χ3v) is 5.01. The maximum atomic E-state index is 12.1. The van der Waals surface area contributed by atoms with Crippen molar-refractivity contribution >= 4 is 16.9 Å². The number of fused-ring (bicyclic) bond motifs is 1. The van der Waals surface area contributed by atoms with E-state index in [1.807, 2.05) is 56.3 Å². The Hall–Kier alpha value is -2.88. The molecule has 1 aromatic heterocycles. The first-order valence-electron chi connectivity index (χ1n) is 8.89. The van der Waals surface area contributed by atoms with Gasteiger partial charge < -0.3 is 9.15 Å². The van der Waals surface area contributed by atoms with E-state index >= 15 is 0 Å². The first-order valence-corrected chi connectivity index (χ1v) is 8.89. The molecule has 26 heavy (non-hydrogen) atoms. The topological polar surface area (TPSA) is 56.5 Å². The molecule has 132 valence electrons. The molecule has 2 unspecified atom stereocenters. The minimum atomic E-state index is -0.370. The normalized spacial score (nSPS) is 18.7. The lowest BCUT2D eigenvalue weighted by Gasteiger charge is -2.10. The van der Waals surface area contributed by atoms with Gasteiger partial charge in [0.1, 0.15) is 5.58 Å². The average Bonchev–Trinajstić information content (AvgIpc) is 3.42. The Morgan fingerprint density at radius 3 is 2.73 bits per heavy atom. The zero-order valence-corrected chi connectivity index (χ0v) is 14.8. The van der Waals surface area contributed by atoms with Crippen molar-refractivity contribution in [2.24, 2.45) is 5.92 Å². The van der Waals surface area contributed by atoms with Gasteiger partial charge in [-0.1, -0.05) is 36.4 Å². The maximum absolute atomic E-state index is 12.1. The van der Waals surface area contributed by atoms with Gasteiger partial charge in [-0.15, -0.1) is 0 Å². The number of carbonyl (C=O) groups excluding carboxylic acids is 1. The Balaban J connectivity index is 1.76. The number of ether oxygens (including phenoxy) is 1. The van der Waals surface area contributed by atoms with Crippen LogP contribution in [0, 0.1) is 12.8 Å². The Labute approximate surface area is 151 Å². The van der Waals surface area contributed by atoms with Crippen molar-refractivity contribution in [3.05, 3.63) is 70.1 Å². The lowest BCUT2D eigenvalue weighted by atomic mass is 9.96. The summed E-state index contributed by atoms with van der Waals surface area (Å²) in [6, 6.07) is 15.4. The molecule has 2 aromatic carbocycles. The van der Waals surface area contributed by atoms with E-state index in [-0.39, 0.29) is 23.4 Å². The van der Waals surface area contributed by atoms with Crippen LogP contribution in [0.4, 0.5) is 0 Å². The number of hydrogen-bond acceptors (Lipinski definition) is 4. The minimum Gasteiger partial charge on any atom is -0.466 e. The van der Waals surface area contributed by atoms with Gasteiger partial charge in [-0.05, 0) is 48.9 Å². The first-order chi connectivity index (χ1) is 12.6. The molecule has 1 heterocycles. The van der Waals surface area contributed by atoms with Crippen LogP contribution >= 0.6 is 0 Å². The van der Waals surface area contributed by atoms with Gasteiger partial charge >= 0.3 is 11.6 Å². The summed E-state index contributed by atoms with van der Waals surface area (Å²) in [6.45, 7) is 4.24. The molecule has 1 aliphatic carbocycles. The predicted octanol–water partition coefficient (Wildman–Crippen LogP) is 4.44. The van der Waals surface area contributed by atoms with Crippen LogP contribution in [0.2, 0.25) is 0 Å². The highest BCUT2D eigenvalue weighted by atomic mass is 16.5. The van der Waals surface area contributed by atoms with Crippen LogP contribution in [0.5, 0.6) is 0 Å². The summed E-state index contributed by atoms with van der Waals surface area (Å²) >= 11 is 0. The molecule has 0 bridgehead atoms. The molecular formula is C22H20O4. The molecule has 0 spiro atoms. The van der Waals surface area contributed by atoms with Crippen LogP contribution in [-0.4, -0.2) is 12.6 Å². The third kappa shape index (κ3) is 2.92. The molecule has 4 nitrogen and oxygen atoms in total. The third-order valence-electron chi connectivity index (χ3n) is 5.01. The number of aryl methyl sites for hydroxylation is 1. The average molecular weight is 348 g/mol. The number of benzene rings is 2. The molecule has 4 heteroatoms. The number of hydrogen-bond donors (Lipinski definition) is 0. The molecule has 2 atom stereocenters. The largest absolute Gasteiger partial charge is 0.466 e. The highest BCUT2D eigenvalue weighted by Gasteiger charge is 2.45. The summed E-state index contributed by atoms with van der Waals surface area (Å²) in [5, 5.41) is 0.899. The fourth-order valence-electron chi connectivity index (χ4n) is 3.58. The second kappa shape index (κ2) is 6.45. The van der Waals surface area contributed by atoms with Crippen molar-refractivity contribution < 1.29 is 13.9 Å². The van der Waals surface area contributed by atoms with Gasteiger partial charge in [0, 0.05) is 17.0 Å². The van der Waals surface area contributed by atoms with E-state index in [4.69, 9.17) is 9.15 Å². The molecule has 0 amide bonds. The Morgan fingerprint density at radius 2 is 1.96 bits per heavy atom.